The molecule has 0 aliphatic carbocycles. The average Bonchev–Trinajstić information content (AvgIpc) is 2.04. The zero-order valence-corrected chi connectivity index (χ0v) is 7.02. The van der Waals surface area contributed by atoms with Gasteiger partial charge in [-0.15, -0.1) is 0 Å². The summed E-state index contributed by atoms with van der Waals surface area (Å²) < 4.78 is 36.8. The van der Waals surface area contributed by atoms with E-state index < -0.39 is 11.9 Å². The van der Waals surface area contributed by atoms with Crippen LogP contribution in [0, 0.1) is 0 Å². The van der Waals surface area contributed by atoms with Crippen molar-refractivity contribution < 1.29 is 13.2 Å². The van der Waals surface area contributed by atoms with Gasteiger partial charge in [0.1, 0.15) is 0 Å². The van der Waals surface area contributed by atoms with Crippen molar-refractivity contribution >= 4 is 5.69 Å². The minimum atomic E-state index is -4.39. The lowest BCUT2D eigenvalue weighted by Gasteiger charge is -2.11. The maximum absolute atomic E-state index is 12.3. The summed E-state index contributed by atoms with van der Waals surface area (Å²) in [4.78, 5) is 3.28. The fourth-order valence-corrected chi connectivity index (χ4v) is 0.964. The predicted octanol–water partition coefficient (Wildman–Crippen LogP) is 2.53. The Labute approximate surface area is 73.8 Å². The molecule has 5 heteroatoms. The van der Waals surface area contributed by atoms with Crippen LogP contribution in [-0.4, -0.2) is 11.5 Å². The Morgan fingerprint density at radius 2 is 2.15 bits per heavy atom. The van der Waals surface area contributed by atoms with E-state index in [2.05, 4.69) is 10.3 Å². The third kappa shape index (κ3) is 2.34. The molecule has 1 N–H and O–H groups in total. The number of hydrogen-bond donors (Lipinski definition) is 1. The molecule has 1 aromatic rings. The van der Waals surface area contributed by atoms with E-state index in [1.54, 1.807) is 6.92 Å². The SMILES string of the molecule is CCNc1cccnc1C(F)(F)F. The van der Waals surface area contributed by atoms with Gasteiger partial charge in [-0.2, -0.15) is 13.2 Å². The first-order valence-electron chi connectivity index (χ1n) is 3.81. The summed E-state index contributed by atoms with van der Waals surface area (Å²) in [5.74, 6) is 0. The Hall–Kier alpha value is -1.26. The minimum Gasteiger partial charge on any atom is -0.384 e. The second-order valence-electron chi connectivity index (χ2n) is 2.43. The van der Waals surface area contributed by atoms with Gasteiger partial charge in [-0.3, -0.25) is 0 Å². The Kier molecular flexibility index (Phi) is 2.75. The van der Waals surface area contributed by atoms with Gasteiger partial charge in [-0.1, -0.05) is 0 Å². The van der Waals surface area contributed by atoms with Crippen LogP contribution < -0.4 is 5.32 Å². The van der Waals surface area contributed by atoms with Crippen LogP contribution in [-0.2, 0) is 6.18 Å². The summed E-state index contributed by atoms with van der Waals surface area (Å²) >= 11 is 0. The molecule has 0 radical (unpaired) electrons. The highest BCUT2D eigenvalue weighted by molar-refractivity contribution is 5.48. The van der Waals surface area contributed by atoms with Gasteiger partial charge in [0, 0.05) is 12.7 Å². The van der Waals surface area contributed by atoms with Crippen LogP contribution in [0.25, 0.3) is 0 Å². The van der Waals surface area contributed by atoms with E-state index in [1.165, 1.54) is 12.1 Å². The number of halogens is 3. The molecule has 0 saturated carbocycles. The summed E-state index contributed by atoms with van der Waals surface area (Å²) in [6.07, 6.45) is -3.26. The molecule has 0 aliphatic heterocycles. The van der Waals surface area contributed by atoms with Gasteiger partial charge in [0.05, 0.1) is 5.69 Å². The molecule has 0 unspecified atom stereocenters. The number of hydrogen-bond acceptors (Lipinski definition) is 2. The van der Waals surface area contributed by atoms with Crippen molar-refractivity contribution in [2.75, 3.05) is 11.9 Å². The van der Waals surface area contributed by atoms with Crippen molar-refractivity contribution in [3.63, 3.8) is 0 Å². The van der Waals surface area contributed by atoms with E-state index in [1.807, 2.05) is 0 Å². The number of rotatable bonds is 2. The summed E-state index contributed by atoms with van der Waals surface area (Å²) in [5.41, 5.74) is -0.839. The summed E-state index contributed by atoms with van der Waals surface area (Å²) in [6, 6.07) is 2.83. The molecular formula is C8H9F3N2. The lowest BCUT2D eigenvalue weighted by atomic mass is 10.3. The zero-order valence-electron chi connectivity index (χ0n) is 7.02. The van der Waals surface area contributed by atoms with Gasteiger partial charge in [-0.25, -0.2) is 4.98 Å². The van der Waals surface area contributed by atoms with Crippen molar-refractivity contribution in [2.45, 2.75) is 13.1 Å². The standard InChI is InChI=1S/C8H9F3N2/c1-2-12-6-4-3-5-13-7(6)8(9,10)11/h3-5,12H,2H2,1H3. The maximum Gasteiger partial charge on any atom is 0.435 e. The van der Waals surface area contributed by atoms with Crippen LogP contribution in [0.1, 0.15) is 12.6 Å². The second kappa shape index (κ2) is 3.64. The van der Waals surface area contributed by atoms with Crippen molar-refractivity contribution in [3.8, 4) is 0 Å². The molecule has 2 nitrogen and oxygen atoms in total. The number of nitrogens with zero attached hydrogens (tertiary/aromatic N) is 1. The highest BCUT2D eigenvalue weighted by atomic mass is 19.4. The zero-order chi connectivity index (χ0) is 9.90. The third-order valence-electron chi connectivity index (χ3n) is 1.44. The molecule has 0 fully saturated rings. The number of nitrogens with one attached hydrogen (secondary N) is 1. The maximum atomic E-state index is 12.3. The Morgan fingerprint density at radius 1 is 1.46 bits per heavy atom. The highest BCUT2D eigenvalue weighted by Gasteiger charge is 2.34. The van der Waals surface area contributed by atoms with Gasteiger partial charge in [0.2, 0.25) is 0 Å². The molecule has 0 atom stereocenters. The molecule has 0 saturated heterocycles. The van der Waals surface area contributed by atoms with Crippen molar-refractivity contribution in [3.05, 3.63) is 24.0 Å². The number of anilines is 1. The molecular weight excluding hydrogens is 181 g/mol. The second-order valence-corrected chi connectivity index (χ2v) is 2.43. The van der Waals surface area contributed by atoms with E-state index in [0.717, 1.165) is 6.20 Å². The fourth-order valence-electron chi connectivity index (χ4n) is 0.964. The van der Waals surface area contributed by atoms with Crippen LogP contribution in [0.4, 0.5) is 18.9 Å². The minimum absolute atomic E-state index is 0.0255. The van der Waals surface area contributed by atoms with E-state index in [0.29, 0.717) is 6.54 Å². The van der Waals surface area contributed by atoms with Crippen molar-refractivity contribution in [2.24, 2.45) is 0 Å². The van der Waals surface area contributed by atoms with Gasteiger partial charge in [0.25, 0.3) is 0 Å². The molecule has 0 aliphatic rings. The highest BCUT2D eigenvalue weighted by Crippen LogP contribution is 2.32. The summed E-state index contributed by atoms with van der Waals surface area (Å²) in [6.45, 7) is 2.17. The molecule has 0 bridgehead atoms. The largest absolute Gasteiger partial charge is 0.435 e. The van der Waals surface area contributed by atoms with Crippen molar-refractivity contribution in [1.29, 1.82) is 0 Å². The molecule has 1 rings (SSSR count). The number of pyridine rings is 1. The van der Waals surface area contributed by atoms with Crippen LogP contribution >= 0.6 is 0 Å². The number of alkyl halides is 3. The van der Waals surface area contributed by atoms with E-state index in [4.69, 9.17) is 0 Å². The lowest BCUT2D eigenvalue weighted by Crippen LogP contribution is -2.12. The molecule has 1 heterocycles. The Morgan fingerprint density at radius 3 is 2.69 bits per heavy atom. The Balaban J connectivity index is 3.05. The molecule has 1 aromatic heterocycles. The molecule has 13 heavy (non-hydrogen) atoms. The number of aromatic nitrogens is 1. The lowest BCUT2D eigenvalue weighted by molar-refractivity contribution is -0.140. The van der Waals surface area contributed by atoms with Crippen molar-refractivity contribution in [1.82, 2.24) is 4.98 Å². The van der Waals surface area contributed by atoms with Gasteiger partial charge in [0.15, 0.2) is 5.69 Å². The fraction of sp³-hybridized carbons (Fsp3) is 0.375. The van der Waals surface area contributed by atoms with E-state index in [9.17, 15) is 13.2 Å². The van der Waals surface area contributed by atoms with E-state index >= 15 is 0 Å². The predicted molar refractivity (Wildman–Crippen MR) is 43.4 cm³/mol. The van der Waals surface area contributed by atoms with Gasteiger partial charge in [-0.05, 0) is 19.1 Å². The van der Waals surface area contributed by atoms with E-state index in [-0.39, 0.29) is 5.69 Å². The van der Waals surface area contributed by atoms with Crippen LogP contribution in [0.3, 0.4) is 0 Å². The Bertz CT molecular complexity index is 283. The first kappa shape index (κ1) is 9.83. The van der Waals surface area contributed by atoms with Gasteiger partial charge < -0.3 is 5.32 Å². The molecule has 0 aromatic carbocycles. The van der Waals surface area contributed by atoms with Crippen LogP contribution in [0.15, 0.2) is 18.3 Å². The topological polar surface area (TPSA) is 24.9 Å². The molecule has 0 amide bonds. The van der Waals surface area contributed by atoms with Gasteiger partial charge >= 0.3 is 6.18 Å². The molecule has 72 valence electrons. The normalized spacial score (nSPS) is 11.4. The molecule has 0 spiro atoms. The first-order valence-corrected chi connectivity index (χ1v) is 3.81. The quantitative estimate of drug-likeness (QED) is 0.775. The smallest absolute Gasteiger partial charge is 0.384 e. The van der Waals surface area contributed by atoms with Crippen LogP contribution in [0.2, 0.25) is 0 Å². The summed E-state index contributed by atoms with van der Waals surface area (Å²) in [7, 11) is 0. The third-order valence-corrected chi connectivity index (χ3v) is 1.44. The summed E-state index contributed by atoms with van der Waals surface area (Å²) in [5, 5.41) is 2.60. The first-order chi connectivity index (χ1) is 6.05. The average molecular weight is 190 g/mol. The van der Waals surface area contributed by atoms with Crippen LogP contribution in [0.5, 0.6) is 0 Å². The monoisotopic (exact) mass is 190 g/mol.